The van der Waals surface area contributed by atoms with Gasteiger partial charge in [-0.2, -0.15) is 0 Å². The predicted molar refractivity (Wildman–Crippen MR) is 61.6 cm³/mol. The van der Waals surface area contributed by atoms with Crippen molar-refractivity contribution in [3.8, 4) is 0 Å². The van der Waals surface area contributed by atoms with Crippen LogP contribution in [0.15, 0.2) is 9.59 Å². The van der Waals surface area contributed by atoms with E-state index in [1.165, 1.54) is 19.9 Å². The number of H-pyrrole nitrogens is 1. The van der Waals surface area contributed by atoms with Crippen molar-refractivity contribution in [1.82, 2.24) is 14.5 Å². The van der Waals surface area contributed by atoms with Crippen LogP contribution in [0.2, 0.25) is 0 Å². The van der Waals surface area contributed by atoms with Gasteiger partial charge >= 0.3 is 5.69 Å². The summed E-state index contributed by atoms with van der Waals surface area (Å²) < 4.78 is 1.14. The molecule has 1 N–H and O–H groups in total. The first-order valence-electron chi connectivity index (χ1n) is 5.60. The molecule has 1 aromatic rings. The van der Waals surface area contributed by atoms with Crippen LogP contribution < -0.4 is 11.2 Å². The number of hydrogen-bond acceptors (Lipinski definition) is 3. The highest BCUT2D eigenvalue weighted by atomic mass is 16.2. The number of nitrogens with zero attached hydrogens (tertiary/aromatic N) is 2. The molecule has 0 aliphatic carbocycles. The molecule has 1 aliphatic rings. The van der Waals surface area contributed by atoms with Crippen LogP contribution in [0.4, 0.5) is 0 Å². The number of aromatic amines is 1. The van der Waals surface area contributed by atoms with Crippen LogP contribution in [0.3, 0.4) is 0 Å². The summed E-state index contributed by atoms with van der Waals surface area (Å²) in [5.41, 5.74) is 0.893. The second-order valence-electron chi connectivity index (χ2n) is 4.38. The number of rotatable bonds is 2. The molecule has 5 nitrogen and oxygen atoms in total. The van der Waals surface area contributed by atoms with E-state index in [1.807, 2.05) is 0 Å². The molecule has 0 amide bonds. The van der Waals surface area contributed by atoms with Crippen molar-refractivity contribution in [2.45, 2.75) is 26.3 Å². The number of hydrogen-bond donors (Lipinski definition) is 1. The molecule has 0 unspecified atom stereocenters. The summed E-state index contributed by atoms with van der Waals surface area (Å²) >= 11 is 0. The molecule has 0 atom stereocenters. The molecule has 0 saturated carbocycles. The monoisotopic (exact) mass is 223 g/mol. The van der Waals surface area contributed by atoms with Crippen LogP contribution in [0, 0.1) is 6.92 Å². The molecule has 1 aliphatic heterocycles. The van der Waals surface area contributed by atoms with E-state index in [1.54, 1.807) is 6.92 Å². The van der Waals surface area contributed by atoms with Crippen LogP contribution >= 0.6 is 0 Å². The van der Waals surface area contributed by atoms with Crippen molar-refractivity contribution in [3.63, 3.8) is 0 Å². The zero-order valence-electron chi connectivity index (χ0n) is 9.75. The van der Waals surface area contributed by atoms with Crippen LogP contribution in [0.5, 0.6) is 0 Å². The molecule has 0 radical (unpaired) electrons. The SMILES string of the molecule is Cc1[nH]c(=O)n(C)c(=O)c1CN1CCCC1. The minimum Gasteiger partial charge on any atom is -0.311 e. The molecule has 0 bridgehead atoms. The van der Waals surface area contributed by atoms with Gasteiger partial charge in [-0.1, -0.05) is 0 Å². The van der Waals surface area contributed by atoms with Gasteiger partial charge in [-0.25, -0.2) is 4.79 Å². The van der Waals surface area contributed by atoms with Gasteiger partial charge in [-0.05, 0) is 32.9 Å². The van der Waals surface area contributed by atoms with Crippen molar-refractivity contribution in [2.75, 3.05) is 13.1 Å². The van der Waals surface area contributed by atoms with Gasteiger partial charge in [0.25, 0.3) is 5.56 Å². The van der Waals surface area contributed by atoms with Crippen LogP contribution in [-0.2, 0) is 13.6 Å². The molecule has 2 rings (SSSR count). The second-order valence-corrected chi connectivity index (χ2v) is 4.38. The molecular formula is C11H17N3O2. The lowest BCUT2D eigenvalue weighted by Gasteiger charge is -2.15. The van der Waals surface area contributed by atoms with Crippen molar-refractivity contribution >= 4 is 0 Å². The molecule has 5 heteroatoms. The molecule has 1 fully saturated rings. The average Bonchev–Trinajstić information content (AvgIpc) is 2.74. The van der Waals surface area contributed by atoms with Gasteiger partial charge in [0.2, 0.25) is 0 Å². The third-order valence-corrected chi connectivity index (χ3v) is 3.19. The molecule has 2 heterocycles. The Hall–Kier alpha value is -1.36. The van der Waals surface area contributed by atoms with Gasteiger partial charge in [-0.15, -0.1) is 0 Å². The van der Waals surface area contributed by atoms with E-state index in [2.05, 4.69) is 9.88 Å². The van der Waals surface area contributed by atoms with Crippen molar-refractivity contribution < 1.29 is 0 Å². The number of aromatic nitrogens is 2. The van der Waals surface area contributed by atoms with Crippen molar-refractivity contribution in [3.05, 3.63) is 32.1 Å². The third-order valence-electron chi connectivity index (χ3n) is 3.19. The van der Waals surface area contributed by atoms with Crippen molar-refractivity contribution in [1.29, 1.82) is 0 Å². The quantitative estimate of drug-likeness (QED) is 0.766. The maximum atomic E-state index is 11.9. The molecular weight excluding hydrogens is 206 g/mol. The first-order chi connectivity index (χ1) is 7.59. The van der Waals surface area contributed by atoms with Gasteiger partial charge in [-0.3, -0.25) is 14.3 Å². The molecule has 0 spiro atoms. The Labute approximate surface area is 93.7 Å². The number of nitrogens with one attached hydrogen (secondary N) is 1. The Kier molecular flexibility index (Phi) is 2.96. The van der Waals surface area contributed by atoms with Crippen LogP contribution in [0.25, 0.3) is 0 Å². The van der Waals surface area contributed by atoms with E-state index in [9.17, 15) is 9.59 Å². The summed E-state index contributed by atoms with van der Waals surface area (Å²) in [4.78, 5) is 28.2. The summed E-state index contributed by atoms with van der Waals surface area (Å²) in [5.74, 6) is 0. The van der Waals surface area contributed by atoms with E-state index in [-0.39, 0.29) is 11.2 Å². The summed E-state index contributed by atoms with van der Waals surface area (Å²) in [5, 5.41) is 0. The fraction of sp³-hybridized carbons (Fsp3) is 0.636. The Morgan fingerprint density at radius 1 is 1.25 bits per heavy atom. The highest BCUT2D eigenvalue weighted by Crippen LogP contribution is 2.11. The lowest BCUT2D eigenvalue weighted by atomic mass is 10.2. The predicted octanol–water partition coefficient (Wildman–Crippen LogP) is -0.0222. The average molecular weight is 223 g/mol. The maximum absolute atomic E-state index is 11.9. The molecule has 16 heavy (non-hydrogen) atoms. The van der Waals surface area contributed by atoms with Gasteiger partial charge < -0.3 is 4.98 Å². The van der Waals surface area contributed by atoms with Gasteiger partial charge in [0.15, 0.2) is 0 Å². The minimum absolute atomic E-state index is 0.173. The van der Waals surface area contributed by atoms with E-state index >= 15 is 0 Å². The van der Waals surface area contributed by atoms with E-state index in [4.69, 9.17) is 0 Å². The Morgan fingerprint density at radius 2 is 1.88 bits per heavy atom. The fourth-order valence-electron chi connectivity index (χ4n) is 2.13. The Balaban J connectivity index is 2.36. The van der Waals surface area contributed by atoms with Gasteiger partial charge in [0.1, 0.15) is 0 Å². The highest BCUT2D eigenvalue weighted by molar-refractivity contribution is 5.15. The van der Waals surface area contributed by atoms with Crippen LogP contribution in [-0.4, -0.2) is 27.5 Å². The maximum Gasteiger partial charge on any atom is 0.328 e. The topological polar surface area (TPSA) is 58.1 Å². The largest absolute Gasteiger partial charge is 0.328 e. The summed E-state index contributed by atoms with van der Waals surface area (Å²) in [7, 11) is 1.51. The fourth-order valence-corrected chi connectivity index (χ4v) is 2.13. The first-order valence-corrected chi connectivity index (χ1v) is 5.60. The zero-order valence-corrected chi connectivity index (χ0v) is 9.75. The molecule has 0 aromatic carbocycles. The molecule has 1 aromatic heterocycles. The molecule has 1 saturated heterocycles. The zero-order chi connectivity index (χ0) is 11.7. The van der Waals surface area contributed by atoms with Crippen LogP contribution in [0.1, 0.15) is 24.1 Å². The number of likely N-dealkylation sites (tertiary alicyclic amines) is 1. The second kappa shape index (κ2) is 4.25. The Bertz CT molecular complexity index is 495. The van der Waals surface area contributed by atoms with E-state index in [0.717, 1.165) is 17.7 Å². The van der Waals surface area contributed by atoms with Gasteiger partial charge in [0.05, 0.1) is 5.56 Å². The van der Waals surface area contributed by atoms with E-state index < -0.39 is 0 Å². The Morgan fingerprint density at radius 3 is 2.50 bits per heavy atom. The third kappa shape index (κ3) is 1.95. The smallest absolute Gasteiger partial charge is 0.311 e. The standard InChI is InChI=1S/C11H17N3O2/c1-8-9(7-14-5-3-4-6-14)10(15)13(2)11(16)12-8/h3-7H2,1-2H3,(H,12,16). The summed E-state index contributed by atoms with van der Waals surface area (Å²) in [6.07, 6.45) is 2.39. The van der Waals surface area contributed by atoms with Crippen molar-refractivity contribution in [2.24, 2.45) is 7.05 Å². The highest BCUT2D eigenvalue weighted by Gasteiger charge is 2.16. The first kappa shape index (κ1) is 11.1. The lowest BCUT2D eigenvalue weighted by Crippen LogP contribution is -2.37. The normalized spacial score (nSPS) is 16.9. The lowest BCUT2D eigenvalue weighted by molar-refractivity contribution is 0.327. The van der Waals surface area contributed by atoms with E-state index in [0.29, 0.717) is 17.8 Å². The minimum atomic E-state index is -0.340. The summed E-state index contributed by atoms with van der Waals surface area (Å²) in [6, 6.07) is 0. The summed E-state index contributed by atoms with van der Waals surface area (Å²) in [6.45, 7) is 4.52. The van der Waals surface area contributed by atoms with Gasteiger partial charge in [0, 0.05) is 19.3 Å². The molecule has 88 valence electrons. The number of aryl methyl sites for hydroxylation is 1.